The van der Waals surface area contributed by atoms with E-state index in [1.54, 1.807) is 0 Å². The van der Waals surface area contributed by atoms with Gasteiger partial charge >= 0.3 is 0 Å². The Hall–Kier alpha value is -0.570. The summed E-state index contributed by atoms with van der Waals surface area (Å²) in [7, 11) is 0. The third kappa shape index (κ3) is 1.34. The Morgan fingerprint density at radius 2 is 2.14 bits per heavy atom. The minimum absolute atomic E-state index is 0.0949. The van der Waals surface area contributed by atoms with E-state index in [0.29, 0.717) is 11.8 Å². The van der Waals surface area contributed by atoms with Crippen molar-refractivity contribution in [3.63, 3.8) is 0 Å². The molecular formula is C11H18N2O. The van der Waals surface area contributed by atoms with Gasteiger partial charge in [0, 0.05) is 25.6 Å². The molecule has 2 N–H and O–H groups in total. The molecule has 1 unspecified atom stereocenters. The van der Waals surface area contributed by atoms with Gasteiger partial charge in [-0.15, -0.1) is 0 Å². The van der Waals surface area contributed by atoms with Gasteiger partial charge in [0.25, 0.3) is 0 Å². The maximum Gasteiger partial charge on any atom is 0.224 e. The molecule has 1 amide bonds. The lowest BCUT2D eigenvalue weighted by molar-refractivity contribution is -0.128. The lowest BCUT2D eigenvalue weighted by Crippen LogP contribution is -2.34. The number of hydrogen-bond donors (Lipinski definition) is 1. The average molecular weight is 194 g/mol. The molecule has 1 aliphatic heterocycles. The molecule has 2 aliphatic carbocycles. The second-order valence-corrected chi connectivity index (χ2v) is 5.38. The number of nitrogens with two attached hydrogens (primary N) is 1. The molecule has 0 spiro atoms. The van der Waals surface area contributed by atoms with E-state index in [-0.39, 0.29) is 11.9 Å². The molecule has 0 bridgehead atoms. The second kappa shape index (κ2) is 2.72. The zero-order valence-electron chi connectivity index (χ0n) is 8.54. The van der Waals surface area contributed by atoms with Gasteiger partial charge in [-0.05, 0) is 37.0 Å². The first-order chi connectivity index (χ1) is 6.70. The molecule has 3 fully saturated rings. The van der Waals surface area contributed by atoms with E-state index in [4.69, 9.17) is 5.73 Å². The fourth-order valence-electron chi connectivity index (χ4n) is 2.89. The van der Waals surface area contributed by atoms with Gasteiger partial charge in [0.15, 0.2) is 0 Å². The highest BCUT2D eigenvalue weighted by Crippen LogP contribution is 2.61. The summed E-state index contributed by atoms with van der Waals surface area (Å²) in [5.41, 5.74) is 6.33. The van der Waals surface area contributed by atoms with Gasteiger partial charge in [-0.2, -0.15) is 0 Å². The van der Waals surface area contributed by atoms with Crippen LogP contribution in [-0.4, -0.2) is 29.9 Å². The number of carbonyl (C=O) groups is 1. The lowest BCUT2D eigenvalue weighted by atomic mass is 10.0. The summed E-state index contributed by atoms with van der Waals surface area (Å²) >= 11 is 0. The number of hydrogen-bond acceptors (Lipinski definition) is 2. The normalized spacial score (nSPS) is 35.1. The molecule has 3 rings (SSSR count). The van der Waals surface area contributed by atoms with Gasteiger partial charge < -0.3 is 10.6 Å². The highest BCUT2D eigenvalue weighted by atomic mass is 16.2. The summed E-state index contributed by atoms with van der Waals surface area (Å²) in [4.78, 5) is 13.6. The molecule has 3 heteroatoms. The highest BCUT2D eigenvalue weighted by Gasteiger charge is 2.55. The topological polar surface area (TPSA) is 46.3 Å². The Bertz CT molecular complexity index is 268. The Morgan fingerprint density at radius 1 is 1.43 bits per heavy atom. The molecule has 14 heavy (non-hydrogen) atoms. The van der Waals surface area contributed by atoms with Crippen LogP contribution in [0.2, 0.25) is 0 Å². The summed E-state index contributed by atoms with van der Waals surface area (Å²) in [5, 5.41) is 0. The fourth-order valence-corrected chi connectivity index (χ4v) is 2.89. The summed E-state index contributed by atoms with van der Waals surface area (Å²) < 4.78 is 0. The van der Waals surface area contributed by atoms with Crippen LogP contribution >= 0.6 is 0 Å². The molecule has 0 aromatic rings. The van der Waals surface area contributed by atoms with E-state index < -0.39 is 0 Å². The van der Waals surface area contributed by atoms with Crippen molar-refractivity contribution in [1.29, 1.82) is 0 Å². The van der Waals surface area contributed by atoms with Crippen molar-refractivity contribution in [3.8, 4) is 0 Å². The third-order valence-electron chi connectivity index (χ3n) is 4.09. The molecule has 78 valence electrons. The third-order valence-corrected chi connectivity index (χ3v) is 4.09. The summed E-state index contributed by atoms with van der Waals surface area (Å²) in [6, 6.07) is 0.0949. The van der Waals surface area contributed by atoms with E-state index in [0.717, 1.165) is 19.0 Å². The van der Waals surface area contributed by atoms with Crippen LogP contribution in [0.5, 0.6) is 0 Å². The van der Waals surface area contributed by atoms with Gasteiger partial charge in [0.2, 0.25) is 5.91 Å². The first-order valence-electron chi connectivity index (χ1n) is 5.73. The van der Waals surface area contributed by atoms with E-state index in [9.17, 15) is 4.79 Å². The van der Waals surface area contributed by atoms with Crippen LogP contribution in [0.3, 0.4) is 0 Å². The lowest BCUT2D eigenvalue weighted by Gasteiger charge is -2.23. The van der Waals surface area contributed by atoms with Crippen molar-refractivity contribution >= 4 is 5.91 Å². The SMILES string of the molecule is NC1CC(=O)N(CC2(C3CC3)CC2)C1. The van der Waals surface area contributed by atoms with Crippen molar-refractivity contribution < 1.29 is 4.79 Å². The van der Waals surface area contributed by atoms with Crippen LogP contribution in [0, 0.1) is 11.3 Å². The minimum atomic E-state index is 0.0949. The Morgan fingerprint density at radius 3 is 2.57 bits per heavy atom. The number of rotatable bonds is 3. The maximum absolute atomic E-state index is 11.6. The summed E-state index contributed by atoms with van der Waals surface area (Å²) in [5.74, 6) is 1.22. The molecule has 2 saturated carbocycles. The fraction of sp³-hybridized carbons (Fsp3) is 0.909. The second-order valence-electron chi connectivity index (χ2n) is 5.38. The van der Waals surface area contributed by atoms with Crippen molar-refractivity contribution in [2.24, 2.45) is 17.1 Å². The van der Waals surface area contributed by atoms with Gasteiger partial charge in [-0.1, -0.05) is 0 Å². The predicted molar refractivity (Wildman–Crippen MR) is 53.6 cm³/mol. The molecule has 0 aromatic carbocycles. The Kier molecular flexibility index (Phi) is 1.69. The largest absolute Gasteiger partial charge is 0.341 e. The van der Waals surface area contributed by atoms with E-state index in [1.807, 2.05) is 4.90 Å². The number of amides is 1. The molecule has 0 radical (unpaired) electrons. The van der Waals surface area contributed by atoms with Crippen LogP contribution in [0.4, 0.5) is 0 Å². The smallest absolute Gasteiger partial charge is 0.224 e. The Balaban J connectivity index is 1.64. The average Bonchev–Trinajstić information content (AvgIpc) is 2.97. The van der Waals surface area contributed by atoms with Gasteiger partial charge in [0.1, 0.15) is 0 Å². The first kappa shape index (κ1) is 8.72. The molecular weight excluding hydrogens is 176 g/mol. The number of likely N-dealkylation sites (tertiary alicyclic amines) is 1. The highest BCUT2D eigenvalue weighted by molar-refractivity contribution is 5.79. The zero-order valence-corrected chi connectivity index (χ0v) is 8.54. The van der Waals surface area contributed by atoms with Crippen LogP contribution in [0.25, 0.3) is 0 Å². The molecule has 3 nitrogen and oxygen atoms in total. The maximum atomic E-state index is 11.6. The summed E-state index contributed by atoms with van der Waals surface area (Å²) in [6.45, 7) is 1.80. The quantitative estimate of drug-likeness (QED) is 0.720. The van der Waals surface area contributed by atoms with Gasteiger partial charge in [-0.25, -0.2) is 0 Å². The molecule has 1 heterocycles. The predicted octanol–water partition coefficient (Wildman–Crippen LogP) is 0.736. The summed E-state index contributed by atoms with van der Waals surface area (Å²) in [6.07, 6.45) is 6.05. The van der Waals surface area contributed by atoms with Crippen LogP contribution in [0.1, 0.15) is 32.1 Å². The van der Waals surface area contributed by atoms with E-state index in [2.05, 4.69) is 0 Å². The molecule has 3 aliphatic rings. The molecule has 0 aromatic heterocycles. The van der Waals surface area contributed by atoms with Crippen molar-refractivity contribution in [3.05, 3.63) is 0 Å². The van der Waals surface area contributed by atoms with Crippen LogP contribution < -0.4 is 5.73 Å². The van der Waals surface area contributed by atoms with Gasteiger partial charge in [-0.3, -0.25) is 4.79 Å². The van der Waals surface area contributed by atoms with Crippen LogP contribution in [0.15, 0.2) is 0 Å². The standard InChI is InChI=1S/C11H18N2O/c12-9-5-10(14)13(6-9)7-11(3-4-11)8-1-2-8/h8-9H,1-7,12H2. The number of nitrogens with zero attached hydrogens (tertiary/aromatic N) is 1. The molecule has 1 saturated heterocycles. The number of carbonyl (C=O) groups excluding carboxylic acids is 1. The monoisotopic (exact) mass is 194 g/mol. The zero-order chi connectivity index (χ0) is 9.76. The van der Waals surface area contributed by atoms with E-state index >= 15 is 0 Å². The van der Waals surface area contributed by atoms with Gasteiger partial charge in [0.05, 0.1) is 0 Å². The van der Waals surface area contributed by atoms with Crippen molar-refractivity contribution in [2.75, 3.05) is 13.1 Å². The Labute approximate surface area is 84.6 Å². The van der Waals surface area contributed by atoms with Crippen molar-refractivity contribution in [1.82, 2.24) is 4.90 Å². The van der Waals surface area contributed by atoms with Crippen molar-refractivity contribution in [2.45, 2.75) is 38.1 Å². The first-order valence-corrected chi connectivity index (χ1v) is 5.73. The molecule has 1 atom stereocenters. The minimum Gasteiger partial charge on any atom is -0.341 e. The van der Waals surface area contributed by atoms with E-state index in [1.165, 1.54) is 25.7 Å². The van der Waals surface area contributed by atoms with Crippen LogP contribution in [-0.2, 0) is 4.79 Å².